The van der Waals surface area contributed by atoms with Crippen molar-refractivity contribution in [3.05, 3.63) is 71.3 Å². The standard InChI is InChI=1S/C18H19N3O/c1-13-3-8-18(14(2)20-13)17-6-4-15(5-7-17)10-21-11-16(12-22)9-19-21/h3-9,11,22H,10,12H2,1-2H3. The highest BCUT2D eigenvalue weighted by molar-refractivity contribution is 5.66. The lowest BCUT2D eigenvalue weighted by Gasteiger charge is -2.08. The Hall–Kier alpha value is -2.46. The monoisotopic (exact) mass is 293 g/mol. The first-order valence-corrected chi connectivity index (χ1v) is 7.31. The minimum absolute atomic E-state index is 0.0264. The SMILES string of the molecule is Cc1ccc(-c2ccc(Cn3cc(CO)cn3)cc2)c(C)n1. The van der Waals surface area contributed by atoms with Crippen molar-refractivity contribution in [2.24, 2.45) is 0 Å². The fraction of sp³-hybridized carbons (Fsp3) is 0.222. The molecule has 0 saturated carbocycles. The fourth-order valence-electron chi connectivity index (χ4n) is 2.54. The van der Waals surface area contributed by atoms with E-state index >= 15 is 0 Å². The van der Waals surface area contributed by atoms with Gasteiger partial charge in [-0.3, -0.25) is 9.67 Å². The molecule has 112 valence electrons. The second-order valence-corrected chi connectivity index (χ2v) is 5.49. The van der Waals surface area contributed by atoms with Gasteiger partial charge >= 0.3 is 0 Å². The number of aliphatic hydroxyl groups excluding tert-OH is 1. The van der Waals surface area contributed by atoms with Gasteiger partial charge in [0, 0.05) is 28.7 Å². The molecular formula is C18H19N3O. The van der Waals surface area contributed by atoms with Gasteiger partial charge in [-0.1, -0.05) is 30.3 Å². The van der Waals surface area contributed by atoms with Crippen molar-refractivity contribution in [3.63, 3.8) is 0 Å². The van der Waals surface area contributed by atoms with Gasteiger partial charge in [0.1, 0.15) is 0 Å². The predicted octanol–water partition coefficient (Wildman–Crippen LogP) is 3.10. The van der Waals surface area contributed by atoms with E-state index in [4.69, 9.17) is 5.11 Å². The van der Waals surface area contributed by atoms with Crippen LogP contribution in [0, 0.1) is 13.8 Å². The topological polar surface area (TPSA) is 50.9 Å². The summed E-state index contributed by atoms with van der Waals surface area (Å²) in [6.45, 7) is 4.77. The highest BCUT2D eigenvalue weighted by Gasteiger charge is 2.04. The molecule has 0 amide bonds. The fourth-order valence-corrected chi connectivity index (χ4v) is 2.54. The van der Waals surface area contributed by atoms with E-state index in [0.717, 1.165) is 17.0 Å². The number of aromatic nitrogens is 3. The zero-order valence-electron chi connectivity index (χ0n) is 12.8. The molecule has 0 atom stereocenters. The summed E-state index contributed by atoms with van der Waals surface area (Å²) in [6, 6.07) is 12.6. The van der Waals surface area contributed by atoms with E-state index in [0.29, 0.717) is 6.54 Å². The van der Waals surface area contributed by atoms with Crippen LogP contribution >= 0.6 is 0 Å². The number of rotatable bonds is 4. The van der Waals surface area contributed by atoms with Gasteiger partial charge in [-0.15, -0.1) is 0 Å². The molecule has 0 radical (unpaired) electrons. The van der Waals surface area contributed by atoms with E-state index in [1.165, 1.54) is 16.7 Å². The van der Waals surface area contributed by atoms with E-state index in [-0.39, 0.29) is 6.61 Å². The summed E-state index contributed by atoms with van der Waals surface area (Å²) >= 11 is 0. The summed E-state index contributed by atoms with van der Waals surface area (Å²) in [5.41, 5.74) is 6.43. The molecule has 4 nitrogen and oxygen atoms in total. The van der Waals surface area contributed by atoms with Crippen molar-refractivity contribution >= 4 is 0 Å². The molecule has 1 N–H and O–H groups in total. The molecule has 0 aliphatic rings. The maximum Gasteiger partial charge on any atom is 0.0712 e. The Morgan fingerprint density at radius 3 is 2.41 bits per heavy atom. The molecule has 2 aromatic heterocycles. The Bertz CT molecular complexity index is 775. The number of hydrogen-bond donors (Lipinski definition) is 1. The number of benzene rings is 1. The first-order valence-electron chi connectivity index (χ1n) is 7.31. The molecule has 0 bridgehead atoms. The maximum absolute atomic E-state index is 9.07. The zero-order chi connectivity index (χ0) is 15.5. The molecule has 4 heteroatoms. The van der Waals surface area contributed by atoms with Crippen molar-refractivity contribution in [1.82, 2.24) is 14.8 Å². The summed E-state index contributed by atoms with van der Waals surface area (Å²) < 4.78 is 1.83. The number of nitrogens with zero attached hydrogens (tertiary/aromatic N) is 3. The smallest absolute Gasteiger partial charge is 0.0712 e. The minimum atomic E-state index is 0.0264. The van der Waals surface area contributed by atoms with Gasteiger partial charge in [0.15, 0.2) is 0 Å². The Morgan fingerprint density at radius 2 is 1.77 bits per heavy atom. The third-order valence-electron chi connectivity index (χ3n) is 3.70. The molecule has 0 aliphatic carbocycles. The van der Waals surface area contributed by atoms with Crippen molar-refractivity contribution < 1.29 is 5.11 Å². The van der Waals surface area contributed by atoms with Crippen LogP contribution in [0.2, 0.25) is 0 Å². The largest absolute Gasteiger partial charge is 0.392 e. The van der Waals surface area contributed by atoms with Gasteiger partial charge in [-0.05, 0) is 31.0 Å². The Morgan fingerprint density at radius 1 is 1.00 bits per heavy atom. The van der Waals surface area contributed by atoms with Crippen LogP contribution in [0.15, 0.2) is 48.8 Å². The second-order valence-electron chi connectivity index (χ2n) is 5.49. The van der Waals surface area contributed by atoms with Crippen LogP contribution in [0.25, 0.3) is 11.1 Å². The highest BCUT2D eigenvalue weighted by Crippen LogP contribution is 2.23. The van der Waals surface area contributed by atoms with Crippen LogP contribution in [0.5, 0.6) is 0 Å². The quantitative estimate of drug-likeness (QED) is 0.804. The lowest BCUT2D eigenvalue weighted by atomic mass is 10.0. The van der Waals surface area contributed by atoms with Crippen LogP contribution in [-0.4, -0.2) is 19.9 Å². The Labute approximate surface area is 130 Å². The number of hydrogen-bond acceptors (Lipinski definition) is 3. The average molecular weight is 293 g/mol. The molecule has 0 unspecified atom stereocenters. The molecule has 0 saturated heterocycles. The van der Waals surface area contributed by atoms with Gasteiger partial charge in [-0.25, -0.2) is 0 Å². The Balaban J connectivity index is 1.80. The summed E-state index contributed by atoms with van der Waals surface area (Å²) in [4.78, 5) is 4.51. The Kier molecular flexibility index (Phi) is 4.02. The molecule has 3 aromatic rings. The van der Waals surface area contributed by atoms with Crippen LogP contribution in [0.4, 0.5) is 0 Å². The van der Waals surface area contributed by atoms with Gasteiger partial charge in [-0.2, -0.15) is 5.10 Å². The number of pyridine rings is 1. The highest BCUT2D eigenvalue weighted by atomic mass is 16.3. The van der Waals surface area contributed by atoms with Crippen molar-refractivity contribution in [3.8, 4) is 11.1 Å². The molecular weight excluding hydrogens is 274 g/mol. The predicted molar refractivity (Wildman–Crippen MR) is 86.4 cm³/mol. The molecule has 0 aliphatic heterocycles. The van der Waals surface area contributed by atoms with Gasteiger partial charge in [0.2, 0.25) is 0 Å². The second kappa shape index (κ2) is 6.12. The van der Waals surface area contributed by atoms with Gasteiger partial charge in [0.05, 0.1) is 19.3 Å². The van der Waals surface area contributed by atoms with Crippen LogP contribution in [-0.2, 0) is 13.2 Å². The number of aryl methyl sites for hydroxylation is 2. The molecule has 0 fully saturated rings. The molecule has 2 heterocycles. The summed E-state index contributed by atoms with van der Waals surface area (Å²) in [5.74, 6) is 0. The summed E-state index contributed by atoms with van der Waals surface area (Å²) in [6.07, 6.45) is 3.55. The number of aliphatic hydroxyl groups is 1. The van der Waals surface area contributed by atoms with Crippen molar-refractivity contribution in [2.45, 2.75) is 27.0 Å². The zero-order valence-corrected chi connectivity index (χ0v) is 12.8. The van der Waals surface area contributed by atoms with Gasteiger partial charge < -0.3 is 5.11 Å². The third-order valence-corrected chi connectivity index (χ3v) is 3.70. The molecule has 3 rings (SSSR count). The lowest BCUT2D eigenvalue weighted by molar-refractivity contribution is 0.281. The van der Waals surface area contributed by atoms with E-state index in [1.807, 2.05) is 30.8 Å². The van der Waals surface area contributed by atoms with E-state index in [2.05, 4.69) is 40.4 Å². The summed E-state index contributed by atoms with van der Waals surface area (Å²) in [7, 11) is 0. The van der Waals surface area contributed by atoms with Crippen LogP contribution in [0.1, 0.15) is 22.5 Å². The van der Waals surface area contributed by atoms with E-state index < -0.39 is 0 Å². The molecule has 0 spiro atoms. The first-order chi connectivity index (χ1) is 10.7. The third kappa shape index (κ3) is 3.07. The molecule has 1 aromatic carbocycles. The molecule has 22 heavy (non-hydrogen) atoms. The first kappa shape index (κ1) is 14.5. The maximum atomic E-state index is 9.07. The normalized spacial score (nSPS) is 10.9. The lowest BCUT2D eigenvalue weighted by Crippen LogP contribution is -1.99. The average Bonchev–Trinajstić information content (AvgIpc) is 2.96. The van der Waals surface area contributed by atoms with E-state index in [9.17, 15) is 0 Å². The van der Waals surface area contributed by atoms with Crippen LogP contribution < -0.4 is 0 Å². The van der Waals surface area contributed by atoms with Crippen molar-refractivity contribution in [1.29, 1.82) is 0 Å². The van der Waals surface area contributed by atoms with Crippen LogP contribution in [0.3, 0.4) is 0 Å². The van der Waals surface area contributed by atoms with Crippen molar-refractivity contribution in [2.75, 3.05) is 0 Å². The van der Waals surface area contributed by atoms with E-state index in [1.54, 1.807) is 6.20 Å². The summed E-state index contributed by atoms with van der Waals surface area (Å²) in [5, 5.41) is 13.3. The van der Waals surface area contributed by atoms with Gasteiger partial charge in [0.25, 0.3) is 0 Å². The minimum Gasteiger partial charge on any atom is -0.392 e.